The summed E-state index contributed by atoms with van der Waals surface area (Å²) in [5.74, 6) is 1.21. The molecule has 8 heteroatoms. The van der Waals surface area contributed by atoms with E-state index in [0.717, 1.165) is 5.69 Å². The van der Waals surface area contributed by atoms with Gasteiger partial charge in [-0.15, -0.1) is 10.2 Å². The Morgan fingerprint density at radius 2 is 2.00 bits per heavy atom. The van der Waals surface area contributed by atoms with E-state index in [1.165, 1.54) is 12.1 Å². The Labute approximate surface area is 119 Å². The number of nitrogens with zero attached hydrogens (tertiary/aromatic N) is 5. The molecule has 0 saturated carbocycles. The van der Waals surface area contributed by atoms with Gasteiger partial charge in [-0.05, 0) is 26.0 Å². The SMILES string of the molecule is Cc1cc2nnc(-c3ccc(N)c([N+](=O)[O-])c3)n2c(C)n1. The van der Waals surface area contributed by atoms with Gasteiger partial charge in [0.1, 0.15) is 11.5 Å². The molecule has 1 aromatic carbocycles. The molecule has 0 unspecified atom stereocenters. The molecule has 106 valence electrons. The third-order valence-corrected chi connectivity index (χ3v) is 3.17. The number of nitro benzene ring substituents is 1. The zero-order valence-corrected chi connectivity index (χ0v) is 11.4. The van der Waals surface area contributed by atoms with E-state index in [9.17, 15) is 10.1 Å². The van der Waals surface area contributed by atoms with Crippen LogP contribution < -0.4 is 5.73 Å². The van der Waals surface area contributed by atoms with Crippen LogP contribution in [0.5, 0.6) is 0 Å². The van der Waals surface area contributed by atoms with E-state index in [1.54, 1.807) is 16.5 Å². The molecule has 0 aliphatic carbocycles. The van der Waals surface area contributed by atoms with Gasteiger partial charge in [0.2, 0.25) is 0 Å². The molecule has 3 aromatic rings. The molecule has 2 N–H and O–H groups in total. The molecule has 2 aromatic heterocycles. The average molecular weight is 284 g/mol. The first-order valence-electron chi connectivity index (χ1n) is 6.21. The second-order valence-corrected chi connectivity index (χ2v) is 4.69. The van der Waals surface area contributed by atoms with Crippen molar-refractivity contribution in [2.75, 3.05) is 5.73 Å². The van der Waals surface area contributed by atoms with Gasteiger partial charge in [-0.1, -0.05) is 0 Å². The summed E-state index contributed by atoms with van der Waals surface area (Å²) in [7, 11) is 0. The van der Waals surface area contributed by atoms with Gasteiger partial charge in [0.25, 0.3) is 5.69 Å². The molecular formula is C13H12N6O2. The number of hydrogen-bond donors (Lipinski definition) is 1. The molecule has 0 atom stereocenters. The molecule has 0 bridgehead atoms. The van der Waals surface area contributed by atoms with Crippen LogP contribution in [0.25, 0.3) is 17.0 Å². The first-order valence-corrected chi connectivity index (χ1v) is 6.21. The molecular weight excluding hydrogens is 272 g/mol. The third-order valence-electron chi connectivity index (χ3n) is 3.17. The quantitative estimate of drug-likeness (QED) is 0.437. The molecule has 21 heavy (non-hydrogen) atoms. The lowest BCUT2D eigenvalue weighted by atomic mass is 10.1. The topological polar surface area (TPSA) is 112 Å². The van der Waals surface area contributed by atoms with Gasteiger partial charge in [-0.2, -0.15) is 0 Å². The van der Waals surface area contributed by atoms with Gasteiger partial charge in [0.15, 0.2) is 11.5 Å². The second kappa shape index (κ2) is 4.51. The van der Waals surface area contributed by atoms with Gasteiger partial charge in [-0.25, -0.2) is 4.98 Å². The van der Waals surface area contributed by atoms with Gasteiger partial charge in [-0.3, -0.25) is 14.5 Å². The van der Waals surface area contributed by atoms with Crippen molar-refractivity contribution < 1.29 is 4.92 Å². The Hall–Kier alpha value is -3.03. The predicted octanol–water partition coefficient (Wildman–Crippen LogP) is 1.90. The van der Waals surface area contributed by atoms with Crippen LogP contribution in [0.3, 0.4) is 0 Å². The van der Waals surface area contributed by atoms with Crippen LogP contribution in [0.15, 0.2) is 24.3 Å². The maximum absolute atomic E-state index is 11.0. The minimum Gasteiger partial charge on any atom is -0.393 e. The molecule has 0 spiro atoms. The van der Waals surface area contributed by atoms with Crippen molar-refractivity contribution in [3.63, 3.8) is 0 Å². The summed E-state index contributed by atoms with van der Waals surface area (Å²) in [6.07, 6.45) is 0. The largest absolute Gasteiger partial charge is 0.393 e. The number of nitrogens with two attached hydrogens (primary N) is 1. The van der Waals surface area contributed by atoms with E-state index in [2.05, 4.69) is 15.2 Å². The van der Waals surface area contributed by atoms with Crippen LogP contribution in [0, 0.1) is 24.0 Å². The first kappa shape index (κ1) is 13.0. The number of fused-ring (bicyclic) bond motifs is 1. The smallest absolute Gasteiger partial charge is 0.292 e. The maximum atomic E-state index is 11.0. The average Bonchev–Trinajstić information content (AvgIpc) is 2.82. The van der Waals surface area contributed by atoms with E-state index in [0.29, 0.717) is 22.9 Å². The van der Waals surface area contributed by atoms with E-state index >= 15 is 0 Å². The molecule has 2 heterocycles. The highest BCUT2D eigenvalue weighted by atomic mass is 16.6. The fraction of sp³-hybridized carbons (Fsp3) is 0.154. The number of nitro groups is 1. The molecule has 0 amide bonds. The lowest BCUT2D eigenvalue weighted by molar-refractivity contribution is -0.383. The molecule has 0 saturated heterocycles. The molecule has 8 nitrogen and oxygen atoms in total. The Balaban J connectivity index is 2.26. The number of anilines is 1. The second-order valence-electron chi connectivity index (χ2n) is 4.69. The molecule has 0 aliphatic heterocycles. The Morgan fingerprint density at radius 3 is 2.71 bits per heavy atom. The summed E-state index contributed by atoms with van der Waals surface area (Å²) in [6, 6.07) is 6.36. The molecule has 3 rings (SSSR count). The van der Waals surface area contributed by atoms with Crippen LogP contribution in [-0.2, 0) is 0 Å². The number of hydrogen-bond acceptors (Lipinski definition) is 6. The lowest BCUT2D eigenvalue weighted by Crippen LogP contribution is -2.00. The maximum Gasteiger partial charge on any atom is 0.292 e. The number of nitrogen functional groups attached to an aromatic ring is 1. The van der Waals surface area contributed by atoms with Crippen LogP contribution in [-0.4, -0.2) is 24.5 Å². The summed E-state index contributed by atoms with van der Waals surface area (Å²) >= 11 is 0. The first-order chi connectivity index (χ1) is 9.97. The van der Waals surface area contributed by atoms with Gasteiger partial charge in [0.05, 0.1) is 4.92 Å². The minimum atomic E-state index is -0.517. The molecule has 0 aliphatic rings. The van der Waals surface area contributed by atoms with Crippen molar-refractivity contribution in [3.05, 3.63) is 45.9 Å². The van der Waals surface area contributed by atoms with Crippen molar-refractivity contribution in [3.8, 4) is 11.4 Å². The van der Waals surface area contributed by atoms with Crippen molar-refractivity contribution in [2.24, 2.45) is 0 Å². The Kier molecular flexibility index (Phi) is 2.79. The van der Waals surface area contributed by atoms with Gasteiger partial charge < -0.3 is 5.73 Å². The fourth-order valence-electron chi connectivity index (χ4n) is 2.26. The molecule has 0 radical (unpaired) electrons. The number of benzene rings is 1. The van der Waals surface area contributed by atoms with Crippen molar-refractivity contribution in [1.82, 2.24) is 19.6 Å². The normalized spacial score (nSPS) is 11.0. The standard InChI is InChI=1S/C13H12N6O2/c1-7-5-12-16-17-13(18(12)8(2)15-7)9-3-4-10(14)11(6-9)19(20)21/h3-6H,14H2,1-2H3. The number of aryl methyl sites for hydroxylation is 2. The van der Waals surface area contributed by atoms with Crippen molar-refractivity contribution >= 4 is 17.0 Å². The van der Waals surface area contributed by atoms with Crippen molar-refractivity contribution in [2.45, 2.75) is 13.8 Å². The number of aromatic nitrogens is 4. The summed E-state index contributed by atoms with van der Waals surface area (Å²) in [4.78, 5) is 14.8. The highest BCUT2D eigenvalue weighted by Gasteiger charge is 2.17. The van der Waals surface area contributed by atoms with Gasteiger partial charge in [0, 0.05) is 23.4 Å². The summed E-state index contributed by atoms with van der Waals surface area (Å²) in [5.41, 5.74) is 7.62. The summed E-state index contributed by atoms with van der Waals surface area (Å²) < 4.78 is 1.75. The predicted molar refractivity (Wildman–Crippen MR) is 76.8 cm³/mol. The lowest BCUT2D eigenvalue weighted by Gasteiger charge is -2.05. The van der Waals surface area contributed by atoms with E-state index in [1.807, 2.05) is 13.8 Å². The van der Waals surface area contributed by atoms with E-state index in [4.69, 9.17) is 5.73 Å². The monoisotopic (exact) mass is 284 g/mol. The summed E-state index contributed by atoms with van der Waals surface area (Å²) in [6.45, 7) is 3.70. The van der Waals surface area contributed by atoms with Gasteiger partial charge >= 0.3 is 0 Å². The van der Waals surface area contributed by atoms with E-state index < -0.39 is 4.92 Å². The third kappa shape index (κ3) is 2.06. The van der Waals surface area contributed by atoms with Crippen LogP contribution in [0.4, 0.5) is 11.4 Å². The van der Waals surface area contributed by atoms with Crippen molar-refractivity contribution in [1.29, 1.82) is 0 Å². The zero-order chi connectivity index (χ0) is 15.1. The number of rotatable bonds is 2. The highest BCUT2D eigenvalue weighted by Crippen LogP contribution is 2.28. The molecule has 0 fully saturated rings. The fourth-order valence-corrected chi connectivity index (χ4v) is 2.26. The Morgan fingerprint density at radius 1 is 1.24 bits per heavy atom. The van der Waals surface area contributed by atoms with Crippen LogP contribution >= 0.6 is 0 Å². The summed E-state index contributed by atoms with van der Waals surface area (Å²) in [5, 5.41) is 19.2. The minimum absolute atomic E-state index is 0.114. The van der Waals surface area contributed by atoms with Crippen LogP contribution in [0.1, 0.15) is 11.5 Å². The zero-order valence-electron chi connectivity index (χ0n) is 11.4. The highest BCUT2D eigenvalue weighted by molar-refractivity contribution is 5.70. The van der Waals surface area contributed by atoms with Crippen LogP contribution in [0.2, 0.25) is 0 Å². The van der Waals surface area contributed by atoms with E-state index in [-0.39, 0.29) is 11.4 Å². The Bertz CT molecular complexity index is 870.